The zero-order valence-electron chi connectivity index (χ0n) is 39.2. The topological polar surface area (TPSA) is 13.1 Å². The number of rotatable bonds is 6. The van der Waals surface area contributed by atoms with Crippen LogP contribution >= 0.6 is 0 Å². The summed E-state index contributed by atoms with van der Waals surface area (Å²) in [7, 11) is 0. The number of aromatic nitrogens is 2. The summed E-state index contributed by atoms with van der Waals surface area (Å²) >= 11 is 0. The lowest BCUT2D eigenvalue weighted by molar-refractivity contribution is 0.659. The Bertz CT molecular complexity index is 4000. The smallest absolute Gasteiger partial charge is 0.0588 e. The molecule has 0 fully saturated rings. The molecule has 328 valence electrons. The molecular formula is C66H49N3. The summed E-state index contributed by atoms with van der Waals surface area (Å²) in [6.07, 6.45) is 0. The van der Waals surface area contributed by atoms with E-state index in [1.165, 1.54) is 111 Å². The molecule has 2 heterocycles. The molecule has 0 saturated heterocycles. The van der Waals surface area contributed by atoms with Crippen LogP contribution in [0.5, 0.6) is 0 Å². The van der Waals surface area contributed by atoms with Crippen molar-refractivity contribution in [3.63, 3.8) is 0 Å². The third-order valence-corrected chi connectivity index (χ3v) is 15.7. The highest BCUT2D eigenvalue weighted by molar-refractivity contribution is 6.14. The number of hydrogen-bond acceptors (Lipinski definition) is 1. The van der Waals surface area contributed by atoms with Crippen molar-refractivity contribution < 1.29 is 0 Å². The fraction of sp³-hybridized carbons (Fsp3) is 0.0909. The van der Waals surface area contributed by atoms with E-state index in [0.717, 1.165) is 17.1 Å². The molecule has 10 aromatic carbocycles. The van der Waals surface area contributed by atoms with Gasteiger partial charge in [-0.25, -0.2) is 0 Å². The maximum atomic E-state index is 2.58. The lowest BCUT2D eigenvalue weighted by Gasteiger charge is -2.26. The van der Waals surface area contributed by atoms with E-state index in [2.05, 4.69) is 266 Å². The monoisotopic (exact) mass is 883 g/mol. The van der Waals surface area contributed by atoms with Gasteiger partial charge in [0.05, 0.1) is 22.1 Å². The minimum atomic E-state index is -0.266. The molecule has 0 amide bonds. The zero-order valence-corrected chi connectivity index (χ0v) is 39.2. The molecule has 0 spiro atoms. The van der Waals surface area contributed by atoms with Crippen molar-refractivity contribution in [2.24, 2.45) is 0 Å². The van der Waals surface area contributed by atoms with Crippen molar-refractivity contribution in [1.29, 1.82) is 0 Å². The molecule has 0 aliphatic heterocycles. The summed E-state index contributed by atoms with van der Waals surface area (Å²) in [5.74, 6) is 0. The highest BCUT2D eigenvalue weighted by atomic mass is 15.1. The molecule has 2 aliphatic carbocycles. The third-order valence-electron chi connectivity index (χ3n) is 15.7. The minimum absolute atomic E-state index is 0.211. The molecule has 69 heavy (non-hydrogen) atoms. The second-order valence-electron chi connectivity index (χ2n) is 20.1. The average molecular weight is 884 g/mol. The fourth-order valence-electron chi connectivity index (χ4n) is 12.4. The van der Waals surface area contributed by atoms with E-state index >= 15 is 0 Å². The van der Waals surface area contributed by atoms with Crippen molar-refractivity contribution in [3.8, 4) is 44.8 Å². The number of anilines is 3. The van der Waals surface area contributed by atoms with Crippen molar-refractivity contribution in [3.05, 3.63) is 247 Å². The molecule has 0 N–H and O–H groups in total. The van der Waals surface area contributed by atoms with E-state index < -0.39 is 0 Å². The Morgan fingerprint density at radius 3 is 1.54 bits per heavy atom. The SMILES string of the molecule is CC1(C)c2cc(-n3c4ccccc4c4ccc5c(c43)C(C)(C)c3cc(-c4ccc(N(c6ccccc6)c6ccccc6)cc4)ccc3-5)ccc2-c2cc3c(cc21)c1ccccc1n3-c1ccccc1. The molecule has 3 nitrogen and oxygen atoms in total. The van der Waals surface area contributed by atoms with Crippen LogP contribution in [0.15, 0.2) is 224 Å². The molecule has 0 atom stereocenters. The molecule has 0 radical (unpaired) electrons. The Labute approximate surface area is 402 Å². The van der Waals surface area contributed by atoms with E-state index in [9.17, 15) is 0 Å². The van der Waals surface area contributed by atoms with Crippen LogP contribution < -0.4 is 4.90 Å². The molecule has 14 rings (SSSR count). The summed E-state index contributed by atoms with van der Waals surface area (Å²) in [5, 5.41) is 5.16. The Morgan fingerprint density at radius 1 is 0.319 bits per heavy atom. The number of para-hydroxylation sites is 5. The van der Waals surface area contributed by atoms with Crippen molar-refractivity contribution in [1.82, 2.24) is 9.13 Å². The van der Waals surface area contributed by atoms with Gasteiger partial charge in [0.15, 0.2) is 0 Å². The predicted octanol–water partition coefficient (Wildman–Crippen LogP) is 17.6. The summed E-state index contributed by atoms with van der Waals surface area (Å²) in [4.78, 5) is 2.32. The second-order valence-corrected chi connectivity index (χ2v) is 20.1. The van der Waals surface area contributed by atoms with Gasteiger partial charge >= 0.3 is 0 Å². The summed E-state index contributed by atoms with van der Waals surface area (Å²) < 4.78 is 5.02. The Balaban J connectivity index is 0.892. The molecule has 2 aliphatic rings. The maximum absolute atomic E-state index is 2.58. The van der Waals surface area contributed by atoms with Gasteiger partial charge in [-0.15, -0.1) is 0 Å². The molecule has 0 unspecified atom stereocenters. The van der Waals surface area contributed by atoms with Crippen molar-refractivity contribution in [2.45, 2.75) is 38.5 Å². The van der Waals surface area contributed by atoms with Crippen LogP contribution in [0, 0.1) is 0 Å². The van der Waals surface area contributed by atoms with E-state index in [4.69, 9.17) is 0 Å². The first-order chi connectivity index (χ1) is 33.8. The number of fused-ring (bicyclic) bond motifs is 13. The first-order valence-electron chi connectivity index (χ1n) is 24.3. The highest BCUT2D eigenvalue weighted by Gasteiger charge is 2.40. The molecule has 0 bridgehead atoms. The average Bonchev–Trinajstić information content (AvgIpc) is 4.05. The first kappa shape index (κ1) is 39.7. The third kappa shape index (κ3) is 5.68. The summed E-state index contributed by atoms with van der Waals surface area (Å²) in [5.41, 5.74) is 23.5. The Kier molecular flexibility index (Phi) is 8.38. The highest BCUT2D eigenvalue weighted by Crippen LogP contribution is 2.55. The van der Waals surface area contributed by atoms with E-state index in [-0.39, 0.29) is 10.8 Å². The molecule has 3 heteroatoms. The molecule has 0 saturated carbocycles. The van der Waals surface area contributed by atoms with Gasteiger partial charge in [0.1, 0.15) is 0 Å². The predicted molar refractivity (Wildman–Crippen MR) is 290 cm³/mol. The lowest BCUT2D eigenvalue weighted by atomic mass is 9.80. The van der Waals surface area contributed by atoms with E-state index in [0.29, 0.717) is 0 Å². The van der Waals surface area contributed by atoms with E-state index in [1.807, 2.05) is 0 Å². The van der Waals surface area contributed by atoms with Crippen molar-refractivity contribution in [2.75, 3.05) is 4.90 Å². The van der Waals surface area contributed by atoms with Gasteiger partial charge in [0.25, 0.3) is 0 Å². The number of hydrogen-bond donors (Lipinski definition) is 0. The zero-order chi connectivity index (χ0) is 46.2. The quantitative estimate of drug-likeness (QED) is 0.162. The Hall–Kier alpha value is -8.40. The van der Waals surface area contributed by atoms with Crippen LogP contribution in [0.1, 0.15) is 49.9 Å². The van der Waals surface area contributed by atoms with Gasteiger partial charge in [0, 0.05) is 60.8 Å². The largest absolute Gasteiger partial charge is 0.311 e. The molecule has 12 aromatic rings. The van der Waals surface area contributed by atoms with E-state index in [1.54, 1.807) is 0 Å². The van der Waals surface area contributed by atoms with Crippen LogP contribution in [0.2, 0.25) is 0 Å². The first-order valence-corrected chi connectivity index (χ1v) is 24.3. The number of nitrogens with zero attached hydrogens (tertiary/aromatic N) is 3. The normalized spacial score (nSPS) is 14.0. The fourth-order valence-corrected chi connectivity index (χ4v) is 12.4. The van der Waals surface area contributed by atoms with Crippen LogP contribution in [-0.4, -0.2) is 9.13 Å². The molecular weight excluding hydrogens is 835 g/mol. The summed E-state index contributed by atoms with van der Waals surface area (Å²) in [6.45, 7) is 9.70. The number of benzene rings is 10. The van der Waals surface area contributed by atoms with Crippen molar-refractivity contribution >= 4 is 60.7 Å². The van der Waals surface area contributed by atoms with Crippen LogP contribution in [0.4, 0.5) is 17.1 Å². The van der Waals surface area contributed by atoms with Crippen LogP contribution in [-0.2, 0) is 10.8 Å². The Morgan fingerprint density at radius 2 is 0.841 bits per heavy atom. The minimum Gasteiger partial charge on any atom is -0.311 e. The van der Waals surface area contributed by atoms with Gasteiger partial charge in [-0.05, 0) is 147 Å². The van der Waals surface area contributed by atoms with Gasteiger partial charge in [-0.3, -0.25) is 0 Å². The maximum Gasteiger partial charge on any atom is 0.0588 e. The standard InChI is InChI=1S/C66H49N3/c1-65(2)58-39-48(33-35-50(58)55-41-62-56(40-59(55)65)52-25-15-16-26-60(52)68(62)46-22-12-7-13-23-46)69-61-27-17-14-24-51(61)54-37-36-53-49-34-30-43(38-57(49)66(3,4)63(53)64(54)69)42-28-31-47(32-29-42)67(44-18-8-5-9-19-44)45-20-10-6-11-21-45/h5-41H,1-4H3. The van der Waals surface area contributed by atoms with Crippen LogP contribution in [0.3, 0.4) is 0 Å². The molecule has 2 aromatic heterocycles. The van der Waals surface area contributed by atoms with Gasteiger partial charge in [0.2, 0.25) is 0 Å². The lowest BCUT2D eigenvalue weighted by Crippen LogP contribution is -2.17. The van der Waals surface area contributed by atoms with Gasteiger partial charge in [-0.2, -0.15) is 0 Å². The van der Waals surface area contributed by atoms with Gasteiger partial charge in [-0.1, -0.05) is 161 Å². The summed E-state index contributed by atoms with van der Waals surface area (Å²) in [6, 6.07) is 83.1. The second kappa shape index (κ2) is 14.6. The van der Waals surface area contributed by atoms with Crippen LogP contribution in [0.25, 0.3) is 88.4 Å². The van der Waals surface area contributed by atoms with Gasteiger partial charge < -0.3 is 14.0 Å².